The molecule has 1 aromatic carbocycles. The van der Waals surface area contributed by atoms with Crippen LogP contribution in [0, 0.1) is 17.3 Å². The highest BCUT2D eigenvalue weighted by Crippen LogP contribution is 2.70. The van der Waals surface area contributed by atoms with E-state index in [0.29, 0.717) is 43.4 Å². The van der Waals surface area contributed by atoms with Gasteiger partial charge in [-0.25, -0.2) is 0 Å². The zero-order valence-corrected chi connectivity index (χ0v) is 25.9. The maximum absolute atomic E-state index is 15.2. The lowest BCUT2D eigenvalue weighted by atomic mass is 9.50. The summed E-state index contributed by atoms with van der Waals surface area (Å²) in [5.74, 6) is -6.86. The van der Waals surface area contributed by atoms with Crippen molar-refractivity contribution in [3.05, 3.63) is 58.2 Å². The van der Waals surface area contributed by atoms with Crippen LogP contribution in [0.1, 0.15) is 73.7 Å². The van der Waals surface area contributed by atoms with E-state index in [4.69, 9.17) is 0 Å². The SMILES string of the molecule is CN1CCN(CCNC(=O)c2ccc([C@H]3CC4(C)[C@@H](CC[C@@]4(O)C(F)(F)C(F)(F)F)C4CCC5=CC(=O)CCC5=C43)cc2)CC1. The van der Waals surface area contributed by atoms with E-state index in [2.05, 4.69) is 22.2 Å². The van der Waals surface area contributed by atoms with E-state index in [-0.39, 0.29) is 30.4 Å². The summed E-state index contributed by atoms with van der Waals surface area (Å²) in [5.41, 5.74) is -0.876. The first-order valence-corrected chi connectivity index (χ1v) is 16.1. The number of piperazine rings is 1. The second-order valence-electron chi connectivity index (χ2n) is 14.0. The first kappa shape index (κ1) is 32.3. The summed E-state index contributed by atoms with van der Waals surface area (Å²) in [6.07, 6.45) is -2.98. The molecule has 1 saturated heterocycles. The summed E-state index contributed by atoms with van der Waals surface area (Å²) in [6, 6.07) is 6.86. The Kier molecular flexibility index (Phi) is 8.30. The molecule has 3 fully saturated rings. The van der Waals surface area contributed by atoms with Crippen LogP contribution in [0.15, 0.2) is 47.1 Å². The lowest BCUT2D eigenvalue weighted by Crippen LogP contribution is -2.65. The predicted molar refractivity (Wildman–Crippen MR) is 159 cm³/mol. The van der Waals surface area contributed by atoms with E-state index in [1.807, 2.05) is 0 Å². The number of likely N-dealkylation sites (N-methyl/N-ethyl adjacent to an activating group) is 1. The number of amides is 1. The Bertz CT molecular complexity index is 1400. The molecule has 45 heavy (non-hydrogen) atoms. The zero-order chi connectivity index (χ0) is 32.4. The molecule has 5 aliphatic rings. The molecule has 2 unspecified atom stereocenters. The number of hydrogen-bond donors (Lipinski definition) is 2. The fraction of sp³-hybridized carbons (Fsp3) is 0.647. The molecule has 1 aromatic rings. The molecule has 246 valence electrons. The topological polar surface area (TPSA) is 72.9 Å². The van der Waals surface area contributed by atoms with Crippen LogP contribution in [-0.4, -0.2) is 90.6 Å². The number of aliphatic hydroxyl groups is 1. The van der Waals surface area contributed by atoms with Gasteiger partial charge in [0.2, 0.25) is 0 Å². The number of ketones is 1. The third kappa shape index (κ3) is 5.36. The quantitative estimate of drug-likeness (QED) is 0.405. The zero-order valence-electron chi connectivity index (χ0n) is 25.9. The van der Waals surface area contributed by atoms with E-state index in [1.54, 1.807) is 30.3 Å². The summed E-state index contributed by atoms with van der Waals surface area (Å²) in [6.45, 7) is 6.48. The monoisotopic (exact) mass is 635 g/mol. The van der Waals surface area contributed by atoms with E-state index in [9.17, 15) is 27.9 Å². The third-order valence-corrected chi connectivity index (χ3v) is 11.6. The van der Waals surface area contributed by atoms with Crippen LogP contribution in [0.4, 0.5) is 22.0 Å². The first-order chi connectivity index (χ1) is 21.2. The number of carbonyl (C=O) groups excluding carboxylic acids is 2. The van der Waals surface area contributed by atoms with Crippen molar-refractivity contribution in [2.75, 3.05) is 46.3 Å². The molecule has 6 nitrogen and oxygen atoms in total. The van der Waals surface area contributed by atoms with Crippen LogP contribution in [0.5, 0.6) is 0 Å². The highest BCUT2D eigenvalue weighted by molar-refractivity contribution is 5.94. The van der Waals surface area contributed by atoms with Gasteiger partial charge < -0.3 is 15.3 Å². The smallest absolute Gasteiger partial charge is 0.383 e. The Morgan fingerprint density at radius 1 is 1.02 bits per heavy atom. The van der Waals surface area contributed by atoms with Gasteiger partial charge in [-0.3, -0.25) is 14.5 Å². The second kappa shape index (κ2) is 11.6. The minimum Gasteiger partial charge on any atom is -0.383 e. The fourth-order valence-corrected chi connectivity index (χ4v) is 9.08. The van der Waals surface area contributed by atoms with Crippen molar-refractivity contribution < 1.29 is 36.6 Å². The molecule has 11 heteroatoms. The number of halogens is 5. The lowest BCUT2D eigenvalue weighted by Gasteiger charge is -2.56. The van der Waals surface area contributed by atoms with Crippen LogP contribution < -0.4 is 5.32 Å². The number of benzene rings is 1. The molecular formula is C34H42F5N3O3. The molecule has 2 saturated carbocycles. The van der Waals surface area contributed by atoms with Crippen LogP contribution in [0.25, 0.3) is 0 Å². The minimum absolute atomic E-state index is 0.0352. The molecule has 5 atom stereocenters. The summed E-state index contributed by atoms with van der Waals surface area (Å²) in [4.78, 5) is 29.8. The number of nitrogens with zero attached hydrogens (tertiary/aromatic N) is 2. The Morgan fingerprint density at radius 2 is 1.71 bits per heavy atom. The van der Waals surface area contributed by atoms with Crippen molar-refractivity contribution >= 4 is 11.7 Å². The van der Waals surface area contributed by atoms with Crippen molar-refractivity contribution in [1.29, 1.82) is 0 Å². The molecule has 0 spiro atoms. The number of carbonyl (C=O) groups is 2. The Labute approximate surface area is 260 Å². The summed E-state index contributed by atoms with van der Waals surface area (Å²) in [5, 5.41) is 14.4. The molecule has 1 aliphatic heterocycles. The Balaban J connectivity index is 1.30. The maximum Gasteiger partial charge on any atom is 0.456 e. The number of alkyl halides is 5. The molecule has 1 amide bonds. The molecular weight excluding hydrogens is 593 g/mol. The largest absolute Gasteiger partial charge is 0.456 e. The van der Waals surface area contributed by atoms with Gasteiger partial charge in [0.15, 0.2) is 5.78 Å². The molecule has 0 bridgehead atoms. The van der Waals surface area contributed by atoms with Crippen LogP contribution in [-0.2, 0) is 4.79 Å². The fourth-order valence-electron chi connectivity index (χ4n) is 9.08. The average molecular weight is 636 g/mol. The van der Waals surface area contributed by atoms with Crippen molar-refractivity contribution in [1.82, 2.24) is 15.1 Å². The molecule has 0 radical (unpaired) electrons. The highest BCUT2D eigenvalue weighted by Gasteiger charge is 2.79. The van der Waals surface area contributed by atoms with E-state index in [1.165, 1.54) is 6.92 Å². The third-order valence-electron chi connectivity index (χ3n) is 11.6. The van der Waals surface area contributed by atoms with E-state index >= 15 is 8.78 Å². The van der Waals surface area contributed by atoms with Crippen molar-refractivity contribution in [2.24, 2.45) is 17.3 Å². The van der Waals surface area contributed by atoms with Gasteiger partial charge in [0.25, 0.3) is 5.91 Å². The van der Waals surface area contributed by atoms with Crippen molar-refractivity contribution in [3.63, 3.8) is 0 Å². The maximum atomic E-state index is 15.2. The van der Waals surface area contributed by atoms with Gasteiger partial charge in [-0.15, -0.1) is 0 Å². The lowest BCUT2D eigenvalue weighted by molar-refractivity contribution is -0.362. The summed E-state index contributed by atoms with van der Waals surface area (Å²) in [7, 11) is 2.08. The molecule has 4 aliphatic carbocycles. The van der Waals surface area contributed by atoms with E-state index in [0.717, 1.165) is 49.4 Å². The van der Waals surface area contributed by atoms with Gasteiger partial charge in [0, 0.05) is 62.6 Å². The number of fused-ring (bicyclic) bond motifs is 4. The highest BCUT2D eigenvalue weighted by atomic mass is 19.4. The number of nitrogens with one attached hydrogen (secondary N) is 1. The van der Waals surface area contributed by atoms with Crippen molar-refractivity contribution in [3.8, 4) is 0 Å². The van der Waals surface area contributed by atoms with Gasteiger partial charge >= 0.3 is 12.1 Å². The Hall–Kier alpha value is -2.63. The summed E-state index contributed by atoms with van der Waals surface area (Å²) < 4.78 is 71.8. The van der Waals surface area contributed by atoms with Gasteiger partial charge in [0.05, 0.1) is 0 Å². The van der Waals surface area contributed by atoms with Gasteiger partial charge in [0.1, 0.15) is 5.60 Å². The first-order valence-electron chi connectivity index (χ1n) is 16.1. The molecule has 1 heterocycles. The van der Waals surface area contributed by atoms with Crippen LogP contribution in [0.3, 0.4) is 0 Å². The Morgan fingerprint density at radius 3 is 2.38 bits per heavy atom. The standard InChI is InChI=1S/C34H42F5N3O3/c1-31-20-27(21-3-5-22(6-4-21)30(44)40-13-14-42-17-15-41(2)16-18-42)29-25-10-8-24(43)19-23(25)7-9-26(29)28(31)11-12-32(31,45)33(35,36)34(37,38)39/h3-6,19,26-28,45H,7-18,20H2,1-2H3,(H,40,44)/t26?,27-,28+,31?,32+/m1/s1. The predicted octanol–water partition coefficient (Wildman–Crippen LogP) is 5.49. The van der Waals surface area contributed by atoms with Crippen molar-refractivity contribution in [2.45, 2.75) is 75.5 Å². The van der Waals surface area contributed by atoms with Gasteiger partial charge in [-0.2, -0.15) is 22.0 Å². The summed E-state index contributed by atoms with van der Waals surface area (Å²) >= 11 is 0. The number of rotatable bonds is 6. The van der Waals surface area contributed by atoms with Gasteiger partial charge in [-0.05, 0) is 92.3 Å². The average Bonchev–Trinajstić information content (AvgIpc) is 3.28. The van der Waals surface area contributed by atoms with Gasteiger partial charge in [-0.1, -0.05) is 24.6 Å². The van der Waals surface area contributed by atoms with Crippen LogP contribution in [0.2, 0.25) is 0 Å². The molecule has 2 N–H and O–H groups in total. The molecule has 6 rings (SSSR count). The normalized spacial score (nSPS) is 32.9. The second-order valence-corrected chi connectivity index (χ2v) is 14.0. The van der Waals surface area contributed by atoms with E-state index < -0.39 is 41.4 Å². The number of hydrogen-bond acceptors (Lipinski definition) is 5. The number of allylic oxidation sites excluding steroid dienone is 4. The molecule has 0 aromatic heterocycles. The van der Waals surface area contributed by atoms with Crippen LogP contribution >= 0.6 is 0 Å². The minimum atomic E-state index is -5.89.